The molecule has 0 radical (unpaired) electrons. The third-order valence-electron chi connectivity index (χ3n) is 3.54. The van der Waals surface area contributed by atoms with Crippen molar-refractivity contribution < 1.29 is 5.11 Å². The van der Waals surface area contributed by atoms with Crippen molar-refractivity contribution in [3.63, 3.8) is 0 Å². The molecule has 1 N–H and O–H groups in total. The topological polar surface area (TPSA) is 20.2 Å². The molecule has 3 heteroatoms. The number of aliphatic hydroxyl groups excluding tert-OH is 1. The Labute approximate surface area is 136 Å². The fourth-order valence-corrected chi connectivity index (χ4v) is 2.79. The van der Waals surface area contributed by atoms with Crippen molar-refractivity contribution in [1.29, 1.82) is 0 Å². The molecule has 0 amide bonds. The Morgan fingerprint density at radius 1 is 1.00 bits per heavy atom. The van der Waals surface area contributed by atoms with Gasteiger partial charge >= 0.3 is 0 Å². The lowest BCUT2D eigenvalue weighted by atomic mass is 9.81. The molecule has 1 unspecified atom stereocenters. The molecule has 0 aliphatic heterocycles. The van der Waals surface area contributed by atoms with Gasteiger partial charge in [-0.3, -0.25) is 0 Å². The molecule has 0 aliphatic carbocycles. The van der Waals surface area contributed by atoms with Crippen LogP contribution in [0, 0.1) is 0 Å². The number of hydrogen-bond acceptors (Lipinski definition) is 1. The summed E-state index contributed by atoms with van der Waals surface area (Å²) in [4.78, 5) is 0. The zero-order chi connectivity index (χ0) is 15.6. The van der Waals surface area contributed by atoms with E-state index in [4.69, 9.17) is 23.2 Å². The molecule has 2 aromatic rings. The van der Waals surface area contributed by atoms with Crippen molar-refractivity contribution in [1.82, 2.24) is 0 Å². The highest BCUT2D eigenvalue weighted by Crippen LogP contribution is 2.32. The zero-order valence-corrected chi connectivity index (χ0v) is 14.0. The van der Waals surface area contributed by atoms with Crippen molar-refractivity contribution in [2.75, 3.05) is 0 Å². The second kappa shape index (κ2) is 6.39. The highest BCUT2D eigenvalue weighted by Gasteiger charge is 2.21. The van der Waals surface area contributed by atoms with Gasteiger partial charge in [-0.25, -0.2) is 0 Å². The number of aliphatic hydroxyl groups is 1. The van der Waals surface area contributed by atoms with Crippen LogP contribution in [-0.2, 0) is 11.8 Å². The first-order valence-corrected chi connectivity index (χ1v) is 7.76. The molecule has 0 aromatic heterocycles. The van der Waals surface area contributed by atoms with Gasteiger partial charge < -0.3 is 5.11 Å². The average molecular weight is 323 g/mol. The van der Waals surface area contributed by atoms with Crippen molar-refractivity contribution in [3.05, 3.63) is 69.2 Å². The number of hydrogen-bond donors (Lipinski definition) is 1. The van der Waals surface area contributed by atoms with E-state index in [-0.39, 0.29) is 5.41 Å². The second-order valence-electron chi connectivity index (χ2n) is 6.31. The summed E-state index contributed by atoms with van der Waals surface area (Å²) < 4.78 is 0. The normalized spacial score (nSPS) is 13.2. The van der Waals surface area contributed by atoms with Crippen molar-refractivity contribution in [3.8, 4) is 0 Å². The van der Waals surface area contributed by atoms with Gasteiger partial charge in [0, 0.05) is 6.42 Å². The summed E-state index contributed by atoms with van der Waals surface area (Å²) in [6.45, 7) is 6.45. The third-order valence-corrected chi connectivity index (χ3v) is 4.28. The summed E-state index contributed by atoms with van der Waals surface area (Å²) in [7, 11) is 0. The van der Waals surface area contributed by atoms with E-state index in [1.165, 1.54) is 0 Å². The number of benzene rings is 2. The summed E-state index contributed by atoms with van der Waals surface area (Å²) in [5.74, 6) is 0. The maximum Gasteiger partial charge on any atom is 0.0833 e. The largest absolute Gasteiger partial charge is 0.388 e. The maximum absolute atomic E-state index is 10.6. The molecule has 0 fully saturated rings. The molecule has 21 heavy (non-hydrogen) atoms. The fourth-order valence-electron chi connectivity index (χ4n) is 2.47. The highest BCUT2D eigenvalue weighted by molar-refractivity contribution is 6.42. The van der Waals surface area contributed by atoms with Crippen LogP contribution in [0.2, 0.25) is 10.0 Å². The molecular formula is C18H20Cl2O. The Morgan fingerprint density at radius 3 is 2.29 bits per heavy atom. The van der Waals surface area contributed by atoms with Gasteiger partial charge in [-0.15, -0.1) is 0 Å². The lowest BCUT2D eigenvalue weighted by molar-refractivity contribution is 0.176. The van der Waals surface area contributed by atoms with Gasteiger partial charge in [-0.2, -0.15) is 0 Å². The van der Waals surface area contributed by atoms with Crippen LogP contribution in [-0.4, -0.2) is 5.11 Å². The Kier molecular flexibility index (Phi) is 4.98. The monoisotopic (exact) mass is 322 g/mol. The highest BCUT2D eigenvalue weighted by atomic mass is 35.5. The van der Waals surface area contributed by atoms with E-state index in [1.807, 2.05) is 30.3 Å². The summed E-state index contributed by atoms with van der Waals surface area (Å²) in [5.41, 5.74) is 3.10. The van der Waals surface area contributed by atoms with E-state index in [0.717, 1.165) is 16.7 Å². The third kappa shape index (κ3) is 4.00. The maximum atomic E-state index is 10.6. The van der Waals surface area contributed by atoms with E-state index >= 15 is 0 Å². The van der Waals surface area contributed by atoms with E-state index in [2.05, 4.69) is 26.8 Å². The SMILES string of the molecule is CC(C)(C)c1ccccc1C(O)Cc1ccc(Cl)c(Cl)c1. The van der Waals surface area contributed by atoms with Crippen LogP contribution >= 0.6 is 23.2 Å². The second-order valence-corrected chi connectivity index (χ2v) is 7.12. The van der Waals surface area contributed by atoms with Gasteiger partial charge in [0.1, 0.15) is 0 Å². The van der Waals surface area contributed by atoms with Crippen molar-refractivity contribution >= 4 is 23.2 Å². The molecule has 2 aromatic carbocycles. The van der Waals surface area contributed by atoms with Crippen molar-refractivity contribution in [2.45, 2.75) is 38.7 Å². The standard InChI is InChI=1S/C18H20Cl2O/c1-18(2,3)14-7-5-4-6-13(14)17(21)11-12-8-9-15(19)16(20)10-12/h4-10,17,21H,11H2,1-3H3. The van der Waals surface area contributed by atoms with Gasteiger partial charge in [-0.1, -0.05) is 74.3 Å². The summed E-state index contributed by atoms with van der Waals surface area (Å²) in [6, 6.07) is 13.5. The van der Waals surface area contributed by atoms with Gasteiger partial charge in [0.25, 0.3) is 0 Å². The van der Waals surface area contributed by atoms with Crippen LogP contribution in [0.1, 0.15) is 43.6 Å². The van der Waals surface area contributed by atoms with E-state index in [1.54, 1.807) is 6.07 Å². The predicted molar refractivity (Wildman–Crippen MR) is 90.3 cm³/mol. The van der Waals surface area contributed by atoms with Crippen LogP contribution in [0.4, 0.5) is 0 Å². The molecule has 1 nitrogen and oxygen atoms in total. The molecule has 0 heterocycles. The molecule has 0 bridgehead atoms. The lowest BCUT2D eigenvalue weighted by Crippen LogP contribution is -2.16. The molecular weight excluding hydrogens is 303 g/mol. The van der Waals surface area contributed by atoms with E-state index in [0.29, 0.717) is 16.5 Å². The minimum Gasteiger partial charge on any atom is -0.388 e. The van der Waals surface area contributed by atoms with Crippen molar-refractivity contribution in [2.24, 2.45) is 0 Å². The Balaban J connectivity index is 2.28. The first-order chi connectivity index (χ1) is 9.79. The van der Waals surface area contributed by atoms with Gasteiger partial charge in [0.2, 0.25) is 0 Å². The molecule has 0 aliphatic rings. The minimum atomic E-state index is -0.558. The molecule has 2 rings (SSSR count). The minimum absolute atomic E-state index is 0.00475. The van der Waals surface area contributed by atoms with Crippen LogP contribution in [0.3, 0.4) is 0 Å². The Bertz CT molecular complexity index is 629. The van der Waals surface area contributed by atoms with Crippen LogP contribution in [0.25, 0.3) is 0 Å². The van der Waals surface area contributed by atoms with E-state index in [9.17, 15) is 5.11 Å². The first-order valence-electron chi connectivity index (χ1n) is 7.00. The summed E-state index contributed by atoms with van der Waals surface area (Å²) >= 11 is 12.0. The Hall–Kier alpha value is -1.02. The lowest BCUT2D eigenvalue weighted by Gasteiger charge is -2.25. The predicted octanol–water partition coefficient (Wildman–Crippen LogP) is 5.57. The zero-order valence-electron chi connectivity index (χ0n) is 12.5. The quantitative estimate of drug-likeness (QED) is 0.783. The summed E-state index contributed by atoms with van der Waals surface area (Å²) in [6.07, 6.45) is -0.0399. The number of halogens is 2. The van der Waals surface area contributed by atoms with E-state index < -0.39 is 6.10 Å². The smallest absolute Gasteiger partial charge is 0.0833 e. The van der Waals surface area contributed by atoms with Gasteiger partial charge in [-0.05, 0) is 34.2 Å². The molecule has 0 saturated heterocycles. The van der Waals surface area contributed by atoms with Crippen LogP contribution < -0.4 is 0 Å². The van der Waals surface area contributed by atoms with Crippen LogP contribution in [0.5, 0.6) is 0 Å². The molecule has 0 saturated carbocycles. The Morgan fingerprint density at radius 2 is 1.67 bits per heavy atom. The van der Waals surface area contributed by atoms with Gasteiger partial charge in [0.15, 0.2) is 0 Å². The fraction of sp³-hybridized carbons (Fsp3) is 0.333. The summed E-state index contributed by atoms with van der Waals surface area (Å²) in [5, 5.41) is 11.7. The molecule has 112 valence electrons. The van der Waals surface area contributed by atoms with Gasteiger partial charge in [0.05, 0.1) is 16.1 Å². The van der Waals surface area contributed by atoms with Crippen LogP contribution in [0.15, 0.2) is 42.5 Å². The first kappa shape index (κ1) is 16.4. The molecule has 1 atom stereocenters. The number of rotatable bonds is 3. The molecule has 0 spiro atoms. The average Bonchev–Trinajstić information content (AvgIpc) is 2.42.